The first-order valence-corrected chi connectivity index (χ1v) is 5.06. The first-order valence-electron chi connectivity index (χ1n) is 4.24. The number of amides is 1. The molecule has 3 N–H and O–H groups in total. The number of hydrogen-bond donors (Lipinski definition) is 2. The number of nitrogens with one attached hydrogen (secondary N) is 1. The van der Waals surface area contributed by atoms with Gasteiger partial charge in [-0.15, -0.1) is 11.3 Å². The molecular formula is C10H12N2OS. The van der Waals surface area contributed by atoms with Gasteiger partial charge in [-0.3, -0.25) is 4.79 Å². The summed E-state index contributed by atoms with van der Waals surface area (Å²) < 4.78 is 0. The van der Waals surface area contributed by atoms with E-state index in [-0.39, 0.29) is 5.91 Å². The topological polar surface area (TPSA) is 55.1 Å². The molecule has 0 aliphatic rings. The molecule has 0 aliphatic carbocycles. The standard InChI is InChI=1S/C10H12N2OS/c1-8(13)12-7-10-5-4-9(14-10)3-2-6-11/h4-5H,6-7,11H2,1H3,(H,12,13). The minimum atomic E-state index is -0.0204. The summed E-state index contributed by atoms with van der Waals surface area (Å²) in [7, 11) is 0. The third kappa shape index (κ3) is 3.60. The van der Waals surface area contributed by atoms with Gasteiger partial charge in [0.1, 0.15) is 0 Å². The van der Waals surface area contributed by atoms with E-state index in [9.17, 15) is 4.79 Å². The molecule has 1 heterocycles. The van der Waals surface area contributed by atoms with Crippen molar-refractivity contribution < 1.29 is 4.79 Å². The predicted molar refractivity (Wildman–Crippen MR) is 57.8 cm³/mol. The van der Waals surface area contributed by atoms with E-state index in [1.807, 2.05) is 12.1 Å². The van der Waals surface area contributed by atoms with Crippen LogP contribution < -0.4 is 11.1 Å². The zero-order valence-corrected chi connectivity index (χ0v) is 8.78. The molecule has 0 bridgehead atoms. The lowest BCUT2D eigenvalue weighted by molar-refractivity contribution is -0.119. The van der Waals surface area contributed by atoms with Crippen molar-refractivity contribution in [2.45, 2.75) is 13.5 Å². The smallest absolute Gasteiger partial charge is 0.217 e. The van der Waals surface area contributed by atoms with Crippen LogP contribution in [0.3, 0.4) is 0 Å². The average molecular weight is 208 g/mol. The maximum absolute atomic E-state index is 10.6. The predicted octanol–water partition coefficient (Wildman–Crippen LogP) is 0.694. The Bertz CT molecular complexity index is 373. The highest BCUT2D eigenvalue weighted by Crippen LogP contribution is 2.14. The van der Waals surface area contributed by atoms with Gasteiger partial charge in [0.2, 0.25) is 5.91 Å². The molecule has 0 spiro atoms. The lowest BCUT2D eigenvalue weighted by atomic mass is 10.4. The Morgan fingerprint density at radius 2 is 2.43 bits per heavy atom. The lowest BCUT2D eigenvalue weighted by Gasteiger charge is -1.96. The Labute approximate surface area is 87.3 Å². The van der Waals surface area contributed by atoms with Gasteiger partial charge in [0, 0.05) is 11.8 Å². The van der Waals surface area contributed by atoms with Gasteiger partial charge in [0.25, 0.3) is 0 Å². The van der Waals surface area contributed by atoms with Crippen LogP contribution in [0.5, 0.6) is 0 Å². The molecule has 0 radical (unpaired) electrons. The van der Waals surface area contributed by atoms with Crippen molar-refractivity contribution in [1.29, 1.82) is 0 Å². The zero-order chi connectivity index (χ0) is 10.4. The largest absolute Gasteiger partial charge is 0.351 e. The van der Waals surface area contributed by atoms with Crippen LogP contribution in [-0.4, -0.2) is 12.5 Å². The molecule has 0 saturated heterocycles. The van der Waals surface area contributed by atoms with Crippen molar-refractivity contribution >= 4 is 17.2 Å². The van der Waals surface area contributed by atoms with Gasteiger partial charge in [0.15, 0.2) is 0 Å². The van der Waals surface area contributed by atoms with E-state index in [0.717, 1.165) is 9.75 Å². The number of thiophene rings is 1. The van der Waals surface area contributed by atoms with Gasteiger partial charge in [0.05, 0.1) is 18.0 Å². The Hall–Kier alpha value is -1.31. The van der Waals surface area contributed by atoms with Gasteiger partial charge in [-0.2, -0.15) is 0 Å². The monoisotopic (exact) mass is 208 g/mol. The van der Waals surface area contributed by atoms with Crippen LogP contribution in [0.1, 0.15) is 16.7 Å². The Balaban J connectivity index is 2.55. The summed E-state index contributed by atoms with van der Waals surface area (Å²) in [6.07, 6.45) is 0. The Morgan fingerprint density at radius 3 is 3.07 bits per heavy atom. The molecule has 0 saturated carbocycles. The molecule has 1 aromatic heterocycles. The van der Waals surface area contributed by atoms with E-state index in [2.05, 4.69) is 17.2 Å². The SMILES string of the molecule is CC(=O)NCc1ccc(C#CCN)s1. The van der Waals surface area contributed by atoms with Crippen LogP contribution >= 0.6 is 11.3 Å². The normalized spacial score (nSPS) is 9.00. The van der Waals surface area contributed by atoms with Crippen molar-refractivity contribution in [3.8, 4) is 11.8 Å². The van der Waals surface area contributed by atoms with Gasteiger partial charge in [-0.25, -0.2) is 0 Å². The molecule has 1 aromatic rings. The molecule has 1 amide bonds. The zero-order valence-electron chi connectivity index (χ0n) is 7.96. The molecule has 0 unspecified atom stereocenters. The summed E-state index contributed by atoms with van der Waals surface area (Å²) >= 11 is 1.57. The fourth-order valence-corrected chi connectivity index (χ4v) is 1.71. The fraction of sp³-hybridized carbons (Fsp3) is 0.300. The summed E-state index contributed by atoms with van der Waals surface area (Å²) in [5.41, 5.74) is 5.26. The van der Waals surface area contributed by atoms with Crippen molar-refractivity contribution in [3.63, 3.8) is 0 Å². The van der Waals surface area contributed by atoms with E-state index < -0.39 is 0 Å². The van der Waals surface area contributed by atoms with Gasteiger partial charge in [-0.1, -0.05) is 11.8 Å². The second-order valence-corrected chi connectivity index (χ2v) is 3.85. The summed E-state index contributed by atoms with van der Waals surface area (Å²) in [6, 6.07) is 3.89. The molecule has 0 aliphatic heterocycles. The van der Waals surface area contributed by atoms with Crippen LogP contribution in [0, 0.1) is 11.8 Å². The molecule has 1 rings (SSSR count). The number of rotatable bonds is 2. The summed E-state index contributed by atoms with van der Waals surface area (Å²) in [5.74, 6) is 5.71. The fourth-order valence-electron chi connectivity index (χ4n) is 0.890. The molecule has 14 heavy (non-hydrogen) atoms. The van der Waals surface area contributed by atoms with Crippen LogP contribution in [-0.2, 0) is 11.3 Å². The van der Waals surface area contributed by atoms with Gasteiger partial charge < -0.3 is 11.1 Å². The summed E-state index contributed by atoms with van der Waals surface area (Å²) in [4.78, 5) is 12.7. The minimum Gasteiger partial charge on any atom is -0.351 e. The van der Waals surface area contributed by atoms with E-state index >= 15 is 0 Å². The number of nitrogens with two attached hydrogens (primary N) is 1. The van der Waals surface area contributed by atoms with Crippen molar-refractivity contribution in [1.82, 2.24) is 5.32 Å². The second kappa shape index (κ2) is 5.43. The highest BCUT2D eigenvalue weighted by molar-refractivity contribution is 7.12. The highest BCUT2D eigenvalue weighted by Gasteiger charge is 1.98. The molecule has 0 fully saturated rings. The van der Waals surface area contributed by atoms with Crippen molar-refractivity contribution in [3.05, 3.63) is 21.9 Å². The summed E-state index contributed by atoms with van der Waals surface area (Å²) in [6.45, 7) is 2.45. The minimum absolute atomic E-state index is 0.0204. The second-order valence-electron chi connectivity index (χ2n) is 2.68. The van der Waals surface area contributed by atoms with E-state index in [0.29, 0.717) is 13.1 Å². The first-order chi connectivity index (χ1) is 6.72. The Kier molecular flexibility index (Phi) is 4.17. The number of hydrogen-bond acceptors (Lipinski definition) is 3. The molecular weight excluding hydrogens is 196 g/mol. The third-order valence-electron chi connectivity index (χ3n) is 1.49. The summed E-state index contributed by atoms with van der Waals surface area (Å²) in [5, 5.41) is 2.73. The average Bonchev–Trinajstić information content (AvgIpc) is 2.59. The maximum atomic E-state index is 10.6. The quantitative estimate of drug-likeness (QED) is 0.703. The first kappa shape index (κ1) is 10.8. The third-order valence-corrected chi connectivity index (χ3v) is 2.49. The van der Waals surface area contributed by atoms with Crippen LogP contribution in [0.2, 0.25) is 0 Å². The highest BCUT2D eigenvalue weighted by atomic mass is 32.1. The van der Waals surface area contributed by atoms with Crippen LogP contribution in [0.15, 0.2) is 12.1 Å². The molecule has 74 valence electrons. The molecule has 0 atom stereocenters. The van der Waals surface area contributed by atoms with Crippen LogP contribution in [0.25, 0.3) is 0 Å². The van der Waals surface area contributed by atoms with Crippen molar-refractivity contribution in [2.24, 2.45) is 5.73 Å². The van der Waals surface area contributed by atoms with E-state index in [4.69, 9.17) is 5.73 Å². The molecule has 3 nitrogen and oxygen atoms in total. The van der Waals surface area contributed by atoms with Crippen LogP contribution in [0.4, 0.5) is 0 Å². The van der Waals surface area contributed by atoms with Gasteiger partial charge in [-0.05, 0) is 12.1 Å². The Morgan fingerprint density at radius 1 is 1.64 bits per heavy atom. The maximum Gasteiger partial charge on any atom is 0.217 e. The number of carbonyl (C=O) groups excluding carboxylic acids is 1. The number of carbonyl (C=O) groups is 1. The van der Waals surface area contributed by atoms with Gasteiger partial charge >= 0.3 is 0 Å². The lowest BCUT2D eigenvalue weighted by Crippen LogP contribution is -2.17. The molecule has 0 aromatic carbocycles. The van der Waals surface area contributed by atoms with E-state index in [1.54, 1.807) is 11.3 Å². The van der Waals surface area contributed by atoms with Crippen molar-refractivity contribution in [2.75, 3.05) is 6.54 Å². The van der Waals surface area contributed by atoms with E-state index in [1.165, 1.54) is 6.92 Å². The molecule has 4 heteroatoms.